The molecule has 7 aromatic carbocycles. The molecule has 0 amide bonds. The van der Waals surface area contributed by atoms with E-state index in [1.165, 1.54) is 170 Å². The zero-order valence-corrected chi connectivity index (χ0v) is 47.8. The highest BCUT2D eigenvalue weighted by atomic mass is 32.1. The smallest absolute Gasteiger partial charge is 0.333 e. The number of thiophene rings is 1. The van der Waals surface area contributed by atoms with E-state index in [4.69, 9.17) is 0 Å². The second-order valence-corrected chi connectivity index (χ2v) is 29.5. The van der Waals surface area contributed by atoms with Crippen LogP contribution in [0.4, 0.5) is 28.4 Å². The zero-order valence-electron chi connectivity index (χ0n) is 47.0. The minimum absolute atomic E-state index is 0.0307. The Bertz CT molecular complexity index is 3810. The molecule has 0 spiro atoms. The summed E-state index contributed by atoms with van der Waals surface area (Å²) in [5, 5.41) is 2.70. The van der Waals surface area contributed by atoms with Gasteiger partial charge in [0, 0.05) is 49.2 Å². The van der Waals surface area contributed by atoms with Crippen LogP contribution >= 0.6 is 11.3 Å². The largest absolute Gasteiger partial charge is 0.376 e. The minimum Gasteiger partial charge on any atom is -0.376 e. The molecular weight excluding hydrogens is 912 g/mol. The lowest BCUT2D eigenvalue weighted by molar-refractivity contribution is 0.332. The molecule has 0 fully saturated rings. The van der Waals surface area contributed by atoms with Crippen molar-refractivity contribution in [2.75, 3.05) is 9.71 Å². The molecule has 14 rings (SSSR count). The molecule has 74 heavy (non-hydrogen) atoms. The quantitative estimate of drug-likeness (QED) is 0.159. The van der Waals surface area contributed by atoms with Crippen molar-refractivity contribution >= 4 is 77.7 Å². The molecule has 4 heteroatoms. The van der Waals surface area contributed by atoms with Gasteiger partial charge in [0.25, 0.3) is 0 Å². The van der Waals surface area contributed by atoms with E-state index in [1.807, 2.05) is 11.3 Å². The molecule has 0 atom stereocenters. The van der Waals surface area contributed by atoms with Gasteiger partial charge in [-0.1, -0.05) is 164 Å². The summed E-state index contributed by atoms with van der Waals surface area (Å²) in [6.45, 7) is 37.3. The minimum atomic E-state index is -0.219. The Morgan fingerprint density at radius 2 is 0.973 bits per heavy atom. The highest BCUT2D eigenvalue weighted by molar-refractivity contribution is 7.26. The Kier molecular flexibility index (Phi) is 9.30. The average Bonchev–Trinajstić information content (AvgIpc) is 3.85. The van der Waals surface area contributed by atoms with Gasteiger partial charge in [-0.25, -0.2) is 0 Å². The number of rotatable bonds is 2. The molecule has 1 aromatic heterocycles. The lowest BCUT2D eigenvalue weighted by atomic mass is 9.42. The normalized spacial score (nSPS) is 21.0. The fourth-order valence-electron chi connectivity index (χ4n) is 15.7. The second-order valence-electron chi connectivity index (χ2n) is 28.5. The molecule has 4 aliphatic carbocycles. The summed E-state index contributed by atoms with van der Waals surface area (Å²) in [5.74, 6) is 0. The van der Waals surface area contributed by atoms with E-state index < -0.39 is 0 Å². The molecular formula is C70H75BN2S. The van der Waals surface area contributed by atoms with Crippen LogP contribution < -0.4 is 20.6 Å². The average molecular weight is 987 g/mol. The highest BCUT2D eigenvalue weighted by Crippen LogP contribution is 2.61. The fourth-order valence-corrected chi connectivity index (χ4v) is 17.0. The number of aryl methyl sites for hydroxylation is 1. The van der Waals surface area contributed by atoms with E-state index in [0.29, 0.717) is 0 Å². The van der Waals surface area contributed by atoms with Crippen LogP contribution in [0.15, 0.2) is 109 Å². The summed E-state index contributed by atoms with van der Waals surface area (Å²) in [7, 11) is 0. The number of benzene rings is 7. The Morgan fingerprint density at radius 3 is 1.64 bits per heavy atom. The first-order chi connectivity index (χ1) is 34.8. The van der Waals surface area contributed by atoms with Crippen LogP contribution in [0.1, 0.15) is 186 Å². The van der Waals surface area contributed by atoms with Gasteiger partial charge in [-0.15, -0.1) is 11.3 Å². The summed E-state index contributed by atoms with van der Waals surface area (Å²) in [5.41, 5.74) is 28.6. The topological polar surface area (TPSA) is 6.48 Å². The van der Waals surface area contributed by atoms with Crippen LogP contribution in [-0.4, -0.2) is 6.85 Å². The molecule has 2 aliphatic heterocycles. The molecule has 0 radical (unpaired) electrons. The first kappa shape index (κ1) is 46.9. The second kappa shape index (κ2) is 14.7. The summed E-state index contributed by atoms with van der Waals surface area (Å²) in [6, 6.07) is 44.8. The first-order valence-corrected chi connectivity index (χ1v) is 29.0. The molecule has 374 valence electrons. The highest BCUT2D eigenvalue weighted by Gasteiger charge is 2.52. The van der Waals surface area contributed by atoms with E-state index in [9.17, 15) is 0 Å². The third-order valence-corrected chi connectivity index (χ3v) is 21.9. The number of hydrogen-bond donors (Lipinski definition) is 0. The van der Waals surface area contributed by atoms with Crippen LogP contribution in [0, 0.1) is 6.92 Å². The van der Waals surface area contributed by atoms with Gasteiger partial charge >= 0.3 is 6.85 Å². The van der Waals surface area contributed by atoms with Crippen LogP contribution in [0.2, 0.25) is 0 Å². The first-order valence-electron chi connectivity index (χ1n) is 28.2. The van der Waals surface area contributed by atoms with Gasteiger partial charge in [0.1, 0.15) is 0 Å². The lowest BCUT2D eigenvalue weighted by Crippen LogP contribution is -2.62. The number of nitrogens with zero attached hydrogens (tertiary/aromatic N) is 2. The number of anilines is 5. The van der Waals surface area contributed by atoms with Crippen molar-refractivity contribution in [3.63, 3.8) is 0 Å². The van der Waals surface area contributed by atoms with Gasteiger partial charge in [-0.3, -0.25) is 0 Å². The maximum absolute atomic E-state index is 2.87. The Labute approximate surface area is 446 Å². The predicted octanol–water partition coefficient (Wildman–Crippen LogP) is 18.4. The SMILES string of the molecule is Cc1cc2c(cc1N1c3cc4c(c5c3B(c3ccc6c(sc7ccccc76)c31)N(c1ccc3c(c1)C(C)(C)CCC3(C)C)c1cc3c(cc1-5)C(C)(C)CCC3(C)C)-c1ccccc1C4(C)C)C(C)(C)CCC2(C)C. The van der Waals surface area contributed by atoms with E-state index in [-0.39, 0.29) is 44.8 Å². The Hall–Kier alpha value is -5.58. The van der Waals surface area contributed by atoms with Gasteiger partial charge in [0.2, 0.25) is 0 Å². The molecule has 0 N–H and O–H groups in total. The van der Waals surface area contributed by atoms with Crippen molar-refractivity contribution in [1.29, 1.82) is 0 Å². The van der Waals surface area contributed by atoms with Gasteiger partial charge < -0.3 is 9.71 Å². The van der Waals surface area contributed by atoms with Gasteiger partial charge in [0.15, 0.2) is 0 Å². The molecule has 0 bridgehead atoms. The van der Waals surface area contributed by atoms with Gasteiger partial charge in [-0.05, 0) is 198 Å². The summed E-state index contributed by atoms with van der Waals surface area (Å²) < 4.78 is 2.72. The molecule has 0 unspecified atom stereocenters. The zero-order chi connectivity index (χ0) is 51.8. The lowest BCUT2D eigenvalue weighted by Gasteiger charge is -2.50. The van der Waals surface area contributed by atoms with Gasteiger partial charge in [0.05, 0.1) is 10.4 Å². The third-order valence-electron chi connectivity index (χ3n) is 20.8. The predicted molar refractivity (Wildman–Crippen MR) is 321 cm³/mol. The Morgan fingerprint density at radius 1 is 0.432 bits per heavy atom. The van der Waals surface area contributed by atoms with Crippen molar-refractivity contribution in [3.8, 4) is 22.3 Å². The summed E-state index contributed by atoms with van der Waals surface area (Å²) >= 11 is 1.99. The fraction of sp³-hybridized carbons (Fsp3) is 0.400. The number of fused-ring (bicyclic) bond motifs is 15. The number of hydrogen-bond acceptors (Lipinski definition) is 3. The molecule has 2 nitrogen and oxygen atoms in total. The molecule has 0 saturated heterocycles. The molecule has 8 aromatic rings. The van der Waals surface area contributed by atoms with Gasteiger partial charge in [-0.2, -0.15) is 0 Å². The molecule has 6 aliphatic rings. The maximum atomic E-state index is 2.87. The van der Waals surface area contributed by atoms with Crippen molar-refractivity contribution in [2.45, 2.75) is 180 Å². The Balaban J connectivity index is 1.19. The standard InChI is InChI=1S/C70H75BN2S/c1-40-34-48-51(68(10,11)32-30-65(48,4)5)37-55(40)72-57-39-53-59(44-21-16-18-22-46(44)70(53,14)15)60-45-36-50-52(69(12,13)33-31-67(50,8)9)38-56(45)73(41-24-26-47-49(35-41)66(6,7)29-28-64(47,2)3)71(61(57)60)54-27-25-43-42-20-17-19-23-58(42)74-63(43)62(54)72/h16-27,34-39H,28-33H2,1-15H3. The van der Waals surface area contributed by atoms with E-state index >= 15 is 0 Å². The van der Waals surface area contributed by atoms with Crippen LogP contribution in [-0.2, 0) is 37.9 Å². The van der Waals surface area contributed by atoms with E-state index in [2.05, 4.69) is 223 Å². The van der Waals surface area contributed by atoms with Crippen molar-refractivity contribution in [2.24, 2.45) is 0 Å². The maximum Gasteiger partial charge on any atom is 0.333 e. The third kappa shape index (κ3) is 6.13. The van der Waals surface area contributed by atoms with Crippen molar-refractivity contribution in [3.05, 3.63) is 159 Å². The van der Waals surface area contributed by atoms with Crippen LogP contribution in [0.5, 0.6) is 0 Å². The van der Waals surface area contributed by atoms with Crippen molar-refractivity contribution in [1.82, 2.24) is 0 Å². The monoisotopic (exact) mass is 987 g/mol. The van der Waals surface area contributed by atoms with E-state index in [0.717, 1.165) is 0 Å². The van der Waals surface area contributed by atoms with Crippen molar-refractivity contribution < 1.29 is 0 Å². The van der Waals surface area contributed by atoms with Crippen LogP contribution in [0.3, 0.4) is 0 Å². The molecule has 3 heterocycles. The van der Waals surface area contributed by atoms with E-state index in [1.54, 1.807) is 0 Å². The molecule has 0 saturated carbocycles. The van der Waals surface area contributed by atoms with Crippen LogP contribution in [0.25, 0.3) is 42.4 Å². The summed E-state index contributed by atoms with van der Waals surface area (Å²) in [4.78, 5) is 5.69. The summed E-state index contributed by atoms with van der Waals surface area (Å²) in [6.07, 6.45) is 7.09.